The van der Waals surface area contributed by atoms with Crippen molar-refractivity contribution in [2.24, 2.45) is 17.8 Å². The molecule has 9 fully saturated rings. The van der Waals surface area contributed by atoms with Crippen LogP contribution in [-0.4, -0.2) is 223 Å². The van der Waals surface area contributed by atoms with E-state index in [0.29, 0.717) is 53.4 Å². The standard InChI is InChI=1S/C14H22N2O.2C14H22N2.C13H20N2O2.C13H18N2O.2C13H20N2O.C12H17ClN2O.4CH4/c1-10(2)13-5-6-14(15-7-13)16-8-11(3)17-12(4)9-16;2*1-11(2)13-4-5-14(15-10-13)16-8-6-12(3)7-9-16;1-10(2)11-8-12(16-3)13(14-9-11)15-4-6-17-7-5-15;1-9(2)11-3-4-12(14-6-11)15-7-10-5-13(15)16-8-10;1-10(2)12-8-11(3)13(14-9-12)15-4-6-16-7-5-15;1-10(2)12-4-5-13(14-8-12)15-6-7-16-11(3)9-15;1-9(2)10-7-11(13)12(14-8-10)15-3-5-16-6-4-15;;;;/h5-7,10-12H,8-9H2,1-4H3;2*4-5,10-12H,6-9H2,1-3H3;8-10H,4-7H2,1-3H3;3-4,6,9-10,13H,5,7-8H2,1-2H3;8-10H,4-7H2,1-3H3;4-5,8,10-11H,6-7,9H2,1-3H3;7-9H,3-6H2,1-2H3;4*1H4/t;;;;10-,13+;;11-;;;;;/m....1.1...../s1. The molecule has 2 unspecified atom stereocenters. The summed E-state index contributed by atoms with van der Waals surface area (Å²) in [6.07, 6.45) is 23.4. The van der Waals surface area contributed by atoms with Crippen LogP contribution < -0.4 is 43.9 Å². The van der Waals surface area contributed by atoms with Crippen LogP contribution in [0.1, 0.15) is 305 Å². The molecule has 0 saturated carbocycles. The van der Waals surface area contributed by atoms with Gasteiger partial charge in [-0.2, -0.15) is 0 Å². The van der Waals surface area contributed by atoms with Gasteiger partial charge in [-0.1, -0.05) is 202 Å². The highest BCUT2D eigenvalue weighted by Gasteiger charge is 2.40. The molecule has 9 aliphatic heterocycles. The number of methoxy groups -OCH3 is 1. The van der Waals surface area contributed by atoms with Crippen LogP contribution in [0.4, 0.5) is 46.5 Å². The molecule has 17 heterocycles. The molecule has 9 saturated heterocycles. The summed E-state index contributed by atoms with van der Waals surface area (Å²) in [5.74, 6) is 16.0. The average Bonchev–Trinajstić information content (AvgIpc) is 1.64. The fourth-order valence-corrected chi connectivity index (χ4v) is 17.1. The van der Waals surface area contributed by atoms with Crippen LogP contribution in [0.15, 0.2) is 128 Å². The molecule has 0 aliphatic carbocycles. The zero-order valence-electron chi connectivity index (χ0n) is 83.5. The SMILES string of the molecule is C.C.C.C.CC(C)c1ccc(N2CCO[C@H](C)C2)nc1.CC(C)c1ccc(N2C[C@@H]3CO[C@H]2C3)nc1.CC(C)c1cnc(N2CCOCC2)c(Cl)c1.CC1CCN(c2ccc(C(C)C)cn2)CC1.CC1CCN(c2ccc(C(C)C)cn2)CC1.CC1CN(c2ccc(C(C)C)cn2)CC(C)O1.COc1cc(C(C)C)cnc1N1CCOCC1.Cc1cc(C(C)C)cnc1N1CCOCC1. The van der Waals surface area contributed by atoms with Gasteiger partial charge in [-0.05, 0) is 212 Å². The predicted octanol–water partition coefficient (Wildman–Crippen LogP) is 24.2. The van der Waals surface area contributed by atoms with Crippen LogP contribution in [0.2, 0.25) is 5.02 Å². The van der Waals surface area contributed by atoms with Crippen molar-refractivity contribution in [1.82, 2.24) is 39.9 Å². The van der Waals surface area contributed by atoms with Gasteiger partial charge in [-0.3, -0.25) is 0 Å². The van der Waals surface area contributed by atoms with Crippen molar-refractivity contribution >= 4 is 58.1 Å². The summed E-state index contributed by atoms with van der Waals surface area (Å²) in [5.41, 5.74) is 11.5. The van der Waals surface area contributed by atoms with Crippen LogP contribution >= 0.6 is 11.6 Å². The maximum atomic E-state index is 6.26. The van der Waals surface area contributed by atoms with Crippen molar-refractivity contribution in [1.29, 1.82) is 0 Å². The summed E-state index contributed by atoms with van der Waals surface area (Å²) in [6, 6.07) is 28.0. The number of hydrogen-bond acceptors (Lipinski definition) is 23. The van der Waals surface area contributed by atoms with Crippen LogP contribution in [-0.2, 0) is 28.4 Å². The molecule has 746 valence electrons. The Bertz CT molecular complexity index is 4380. The van der Waals surface area contributed by atoms with E-state index in [1.807, 2.05) is 55.6 Å². The van der Waals surface area contributed by atoms with Crippen LogP contribution in [0.25, 0.3) is 0 Å². The van der Waals surface area contributed by atoms with Crippen molar-refractivity contribution in [3.8, 4) is 5.75 Å². The number of anilines is 8. The van der Waals surface area contributed by atoms with Gasteiger partial charge in [-0.25, -0.2) is 39.9 Å². The number of aromatic nitrogens is 8. The molecule has 2 bridgehead atoms. The summed E-state index contributed by atoms with van der Waals surface area (Å²) >= 11 is 6.26. The van der Waals surface area contributed by atoms with Crippen molar-refractivity contribution in [3.05, 3.63) is 184 Å². The lowest BCUT2D eigenvalue weighted by atomic mass is 9.99. The van der Waals surface area contributed by atoms with Gasteiger partial charge < -0.3 is 72.4 Å². The monoisotopic (exact) mass is 1870 g/mol. The fraction of sp³-hybridized carbons (Fsp3) is 0.636. The molecule has 9 aliphatic rings. The van der Waals surface area contributed by atoms with Gasteiger partial charge >= 0.3 is 0 Å². The lowest BCUT2D eigenvalue weighted by Gasteiger charge is -2.36. The van der Waals surface area contributed by atoms with Gasteiger partial charge in [0.2, 0.25) is 0 Å². The van der Waals surface area contributed by atoms with E-state index >= 15 is 0 Å². The number of ether oxygens (including phenoxy) is 7. The number of aryl methyl sites for hydroxylation is 1. The van der Waals surface area contributed by atoms with Crippen molar-refractivity contribution in [2.45, 2.75) is 286 Å². The Hall–Kier alpha value is -8.55. The number of morpholine rings is 5. The maximum Gasteiger partial charge on any atom is 0.171 e. The number of rotatable bonds is 17. The second kappa shape index (κ2) is 57.6. The topological polar surface area (TPSA) is 194 Å². The highest BCUT2D eigenvalue weighted by Crippen LogP contribution is 2.37. The first-order valence-corrected chi connectivity index (χ1v) is 49.3. The molecular formula is C110H177ClN16O7. The van der Waals surface area contributed by atoms with Gasteiger partial charge in [0.25, 0.3) is 0 Å². The highest BCUT2D eigenvalue weighted by atomic mass is 35.5. The summed E-state index contributed by atoms with van der Waals surface area (Å²) in [6.45, 7) is 69.4. The minimum Gasteiger partial charge on any atom is -0.493 e. The van der Waals surface area contributed by atoms with Crippen molar-refractivity contribution in [3.63, 3.8) is 0 Å². The van der Waals surface area contributed by atoms with E-state index in [-0.39, 0.29) is 48.1 Å². The Morgan fingerprint density at radius 3 is 0.985 bits per heavy atom. The predicted molar refractivity (Wildman–Crippen MR) is 565 cm³/mol. The number of piperidine rings is 2. The Morgan fingerprint density at radius 2 is 0.649 bits per heavy atom. The zero-order valence-corrected chi connectivity index (χ0v) is 84.2. The molecule has 8 aromatic heterocycles. The molecule has 0 radical (unpaired) electrons. The molecule has 5 atom stereocenters. The average molecular weight is 1870 g/mol. The van der Waals surface area contributed by atoms with E-state index in [9.17, 15) is 0 Å². The molecule has 0 spiro atoms. The molecule has 17 rings (SSSR count). The van der Waals surface area contributed by atoms with Crippen LogP contribution in [0.3, 0.4) is 0 Å². The van der Waals surface area contributed by atoms with Crippen LogP contribution in [0.5, 0.6) is 5.75 Å². The number of hydrogen-bond donors (Lipinski definition) is 0. The molecule has 0 aromatic carbocycles. The first-order valence-electron chi connectivity index (χ1n) is 49.0. The lowest BCUT2D eigenvalue weighted by Crippen LogP contribution is -2.45. The lowest BCUT2D eigenvalue weighted by molar-refractivity contribution is -0.00546. The molecule has 0 amide bonds. The van der Waals surface area contributed by atoms with E-state index < -0.39 is 0 Å². The zero-order chi connectivity index (χ0) is 93.5. The minimum atomic E-state index is 0. The third-order valence-electron chi connectivity index (χ3n) is 25.8. The van der Waals surface area contributed by atoms with E-state index in [2.05, 4.69) is 304 Å². The van der Waals surface area contributed by atoms with Gasteiger partial charge in [0.1, 0.15) is 47.0 Å². The van der Waals surface area contributed by atoms with Gasteiger partial charge in [0.15, 0.2) is 11.6 Å². The van der Waals surface area contributed by atoms with Gasteiger partial charge in [0.05, 0.1) is 83.3 Å². The first kappa shape index (κ1) is 114. The number of halogens is 1. The van der Waals surface area contributed by atoms with Gasteiger partial charge in [0, 0.05) is 154 Å². The number of fused-ring (bicyclic) bond motifs is 2. The number of nitrogens with zero attached hydrogens (tertiary/aromatic N) is 16. The minimum absolute atomic E-state index is 0. The van der Waals surface area contributed by atoms with E-state index in [0.717, 1.165) is 226 Å². The van der Waals surface area contributed by atoms with E-state index in [1.165, 1.54) is 82.2 Å². The van der Waals surface area contributed by atoms with E-state index in [1.54, 1.807) is 7.11 Å². The molecule has 134 heavy (non-hydrogen) atoms. The third kappa shape index (κ3) is 35.2. The third-order valence-corrected chi connectivity index (χ3v) is 26.1. The quantitative estimate of drug-likeness (QED) is 0.0834. The molecule has 24 heteroatoms. The molecule has 23 nitrogen and oxygen atoms in total. The van der Waals surface area contributed by atoms with E-state index in [4.69, 9.17) is 44.8 Å². The Morgan fingerprint density at radius 1 is 0.328 bits per heavy atom. The van der Waals surface area contributed by atoms with Gasteiger partial charge in [-0.15, -0.1) is 0 Å². The van der Waals surface area contributed by atoms with Crippen molar-refractivity contribution < 1.29 is 33.2 Å². The second-order valence-corrected chi connectivity index (χ2v) is 39.6. The van der Waals surface area contributed by atoms with Crippen LogP contribution in [0, 0.1) is 24.7 Å². The maximum absolute atomic E-state index is 6.26. The molecule has 8 aromatic rings. The Balaban J connectivity index is 0.000000234. The summed E-state index contributed by atoms with van der Waals surface area (Å²) < 4.78 is 38.4. The number of pyridine rings is 8. The molecular weight excluding hydrogens is 1690 g/mol. The Kier molecular flexibility index (Phi) is 49.1. The largest absolute Gasteiger partial charge is 0.493 e. The summed E-state index contributed by atoms with van der Waals surface area (Å²) in [4.78, 5) is 54.8. The second-order valence-electron chi connectivity index (χ2n) is 39.2. The highest BCUT2D eigenvalue weighted by molar-refractivity contribution is 6.33. The first-order chi connectivity index (χ1) is 62.4. The Labute approximate surface area is 816 Å². The smallest absolute Gasteiger partial charge is 0.171 e. The summed E-state index contributed by atoms with van der Waals surface area (Å²) in [5, 5.41) is 0.744. The fourth-order valence-electron chi connectivity index (χ4n) is 16.8. The normalized spacial score (nSPS) is 19.6. The summed E-state index contributed by atoms with van der Waals surface area (Å²) in [7, 11) is 1.70. The van der Waals surface area contributed by atoms with Crippen molar-refractivity contribution in [2.75, 3.05) is 197 Å². The molecule has 0 N–H and O–H groups in total.